The van der Waals surface area contributed by atoms with Crippen molar-refractivity contribution in [3.63, 3.8) is 0 Å². The van der Waals surface area contributed by atoms with Crippen LogP contribution in [-0.4, -0.2) is 41.6 Å². The van der Waals surface area contributed by atoms with Gasteiger partial charge in [0.1, 0.15) is 5.69 Å². The molecule has 2 aromatic rings. The lowest BCUT2D eigenvalue weighted by Gasteiger charge is -2.10. The molecular weight excluding hydrogens is 314 g/mol. The smallest absolute Gasteiger partial charge is 0.272 e. The zero-order chi connectivity index (χ0) is 16.8. The molecule has 0 aliphatic heterocycles. The quantitative estimate of drug-likeness (QED) is 0.825. The maximum atomic E-state index is 11.9. The van der Waals surface area contributed by atoms with E-state index in [1.165, 1.54) is 28.5 Å². The first-order valence-electron chi connectivity index (χ1n) is 7.01. The van der Waals surface area contributed by atoms with Crippen LogP contribution in [0.15, 0.2) is 35.8 Å². The molecule has 0 radical (unpaired) electrons. The zero-order valence-electron chi connectivity index (χ0n) is 12.9. The molecule has 2 rings (SSSR count). The summed E-state index contributed by atoms with van der Waals surface area (Å²) in [6, 6.07) is 6.66. The second kappa shape index (κ2) is 7.64. The molecule has 0 spiro atoms. The molecule has 2 aromatic heterocycles. The highest BCUT2D eigenvalue weighted by Crippen LogP contribution is 2.14. The second-order valence-electron chi connectivity index (χ2n) is 5.08. The Bertz CT molecular complexity index is 711. The van der Waals surface area contributed by atoms with Crippen molar-refractivity contribution in [2.24, 2.45) is 0 Å². The molecule has 0 aromatic carbocycles. The SMILES string of the molecule is CN(C)C(=O)c1cc(NC(=O)CCC(=O)c2cccs2)ccn1. The van der Waals surface area contributed by atoms with E-state index in [0.29, 0.717) is 10.6 Å². The van der Waals surface area contributed by atoms with Crippen molar-refractivity contribution in [1.29, 1.82) is 0 Å². The summed E-state index contributed by atoms with van der Waals surface area (Å²) in [4.78, 5) is 41.7. The molecule has 2 amide bonds. The topological polar surface area (TPSA) is 79.4 Å². The minimum atomic E-state index is -0.274. The van der Waals surface area contributed by atoms with Gasteiger partial charge in [-0.15, -0.1) is 11.3 Å². The van der Waals surface area contributed by atoms with Crippen molar-refractivity contribution in [2.75, 3.05) is 19.4 Å². The normalized spacial score (nSPS) is 10.2. The number of carbonyl (C=O) groups is 3. The van der Waals surface area contributed by atoms with Gasteiger partial charge < -0.3 is 10.2 Å². The van der Waals surface area contributed by atoms with Crippen LogP contribution in [0.1, 0.15) is 33.0 Å². The van der Waals surface area contributed by atoms with E-state index in [0.717, 1.165) is 0 Å². The fraction of sp³-hybridized carbons (Fsp3) is 0.250. The van der Waals surface area contributed by atoms with Gasteiger partial charge in [-0.05, 0) is 23.6 Å². The van der Waals surface area contributed by atoms with Crippen LogP contribution < -0.4 is 5.32 Å². The Morgan fingerprint density at radius 2 is 2.00 bits per heavy atom. The number of Topliss-reactive ketones (excluding diaryl/α,β-unsaturated/α-hetero) is 1. The van der Waals surface area contributed by atoms with Gasteiger partial charge in [0.15, 0.2) is 5.78 Å². The standard InChI is InChI=1S/C16H17N3O3S/c1-19(2)16(22)12-10-11(7-8-17-12)18-15(21)6-5-13(20)14-4-3-9-23-14/h3-4,7-10H,5-6H2,1-2H3,(H,17,18,21). The summed E-state index contributed by atoms with van der Waals surface area (Å²) >= 11 is 1.36. The predicted octanol–water partition coefficient (Wildman–Crippen LogP) is 2.45. The van der Waals surface area contributed by atoms with Gasteiger partial charge in [-0.1, -0.05) is 6.07 Å². The van der Waals surface area contributed by atoms with Gasteiger partial charge in [0, 0.05) is 38.8 Å². The Hall–Kier alpha value is -2.54. The third-order valence-corrected chi connectivity index (χ3v) is 3.96. The van der Waals surface area contributed by atoms with Gasteiger partial charge in [0.05, 0.1) is 4.88 Å². The van der Waals surface area contributed by atoms with E-state index in [-0.39, 0.29) is 36.1 Å². The first-order chi connectivity index (χ1) is 11.0. The van der Waals surface area contributed by atoms with Crippen molar-refractivity contribution >= 4 is 34.6 Å². The monoisotopic (exact) mass is 331 g/mol. The van der Waals surface area contributed by atoms with E-state index in [1.807, 2.05) is 5.38 Å². The second-order valence-corrected chi connectivity index (χ2v) is 6.03. The molecule has 23 heavy (non-hydrogen) atoms. The van der Waals surface area contributed by atoms with E-state index in [2.05, 4.69) is 10.3 Å². The highest BCUT2D eigenvalue weighted by atomic mass is 32.1. The number of thiophene rings is 1. The zero-order valence-corrected chi connectivity index (χ0v) is 13.7. The molecule has 0 aliphatic carbocycles. The van der Waals surface area contributed by atoms with Crippen LogP contribution in [0.5, 0.6) is 0 Å². The molecular formula is C16H17N3O3S. The van der Waals surface area contributed by atoms with Gasteiger partial charge in [-0.25, -0.2) is 0 Å². The lowest BCUT2D eigenvalue weighted by atomic mass is 10.2. The van der Waals surface area contributed by atoms with Gasteiger partial charge in [0.25, 0.3) is 5.91 Å². The van der Waals surface area contributed by atoms with Crippen LogP contribution in [0.4, 0.5) is 5.69 Å². The fourth-order valence-corrected chi connectivity index (χ4v) is 2.56. The Balaban J connectivity index is 1.91. The maximum Gasteiger partial charge on any atom is 0.272 e. The first-order valence-corrected chi connectivity index (χ1v) is 7.89. The van der Waals surface area contributed by atoms with E-state index >= 15 is 0 Å². The summed E-state index contributed by atoms with van der Waals surface area (Å²) < 4.78 is 0. The molecule has 0 saturated carbocycles. The Morgan fingerprint density at radius 3 is 2.65 bits per heavy atom. The molecule has 0 aliphatic rings. The molecule has 7 heteroatoms. The molecule has 0 bridgehead atoms. The van der Waals surface area contributed by atoms with E-state index in [1.54, 1.807) is 32.3 Å². The average Bonchev–Trinajstić information content (AvgIpc) is 3.06. The molecule has 6 nitrogen and oxygen atoms in total. The third kappa shape index (κ3) is 4.72. The van der Waals surface area contributed by atoms with Gasteiger partial charge >= 0.3 is 0 Å². The molecule has 2 heterocycles. The molecule has 0 fully saturated rings. The lowest BCUT2D eigenvalue weighted by Crippen LogP contribution is -2.23. The summed E-state index contributed by atoms with van der Waals surface area (Å²) in [6.07, 6.45) is 1.71. The number of pyridine rings is 1. The predicted molar refractivity (Wildman–Crippen MR) is 88.8 cm³/mol. The number of ketones is 1. The summed E-state index contributed by atoms with van der Waals surface area (Å²) in [5, 5.41) is 4.51. The number of nitrogens with one attached hydrogen (secondary N) is 1. The van der Waals surface area contributed by atoms with E-state index in [9.17, 15) is 14.4 Å². The number of nitrogens with zero attached hydrogens (tertiary/aromatic N) is 2. The number of aromatic nitrogens is 1. The highest BCUT2D eigenvalue weighted by Gasteiger charge is 2.13. The Morgan fingerprint density at radius 1 is 1.22 bits per heavy atom. The minimum absolute atomic E-state index is 0.0478. The number of carbonyl (C=O) groups excluding carboxylic acids is 3. The van der Waals surface area contributed by atoms with Gasteiger partial charge in [-0.2, -0.15) is 0 Å². The number of hydrogen-bond acceptors (Lipinski definition) is 5. The minimum Gasteiger partial charge on any atom is -0.343 e. The van der Waals surface area contributed by atoms with E-state index in [4.69, 9.17) is 0 Å². The van der Waals surface area contributed by atoms with Gasteiger partial charge in [0.2, 0.25) is 5.91 Å². The first kappa shape index (κ1) is 16.8. The van der Waals surface area contributed by atoms with Crippen LogP contribution in [0.2, 0.25) is 0 Å². The molecule has 0 saturated heterocycles. The maximum absolute atomic E-state index is 11.9. The van der Waals surface area contributed by atoms with Crippen molar-refractivity contribution in [3.8, 4) is 0 Å². The summed E-state index contributed by atoms with van der Waals surface area (Å²) in [5.41, 5.74) is 0.737. The van der Waals surface area contributed by atoms with Crippen LogP contribution >= 0.6 is 11.3 Å². The summed E-state index contributed by atoms with van der Waals surface area (Å²) in [5.74, 6) is -0.563. The highest BCUT2D eigenvalue weighted by molar-refractivity contribution is 7.12. The van der Waals surface area contributed by atoms with Crippen molar-refractivity contribution < 1.29 is 14.4 Å². The summed E-state index contributed by atoms with van der Waals surface area (Å²) in [6.45, 7) is 0. The van der Waals surface area contributed by atoms with E-state index < -0.39 is 0 Å². The average molecular weight is 331 g/mol. The van der Waals surface area contributed by atoms with Crippen molar-refractivity contribution in [3.05, 3.63) is 46.4 Å². The lowest BCUT2D eigenvalue weighted by molar-refractivity contribution is -0.116. The molecule has 120 valence electrons. The number of anilines is 1. The van der Waals surface area contributed by atoms with Crippen LogP contribution in [0.3, 0.4) is 0 Å². The van der Waals surface area contributed by atoms with Gasteiger partial charge in [-0.3, -0.25) is 19.4 Å². The third-order valence-electron chi connectivity index (χ3n) is 3.04. The van der Waals surface area contributed by atoms with Crippen LogP contribution in [-0.2, 0) is 4.79 Å². The summed E-state index contributed by atoms with van der Waals surface area (Å²) in [7, 11) is 3.26. The number of hydrogen-bond donors (Lipinski definition) is 1. The molecule has 0 atom stereocenters. The largest absolute Gasteiger partial charge is 0.343 e. The Kier molecular flexibility index (Phi) is 5.59. The van der Waals surface area contributed by atoms with Crippen molar-refractivity contribution in [1.82, 2.24) is 9.88 Å². The van der Waals surface area contributed by atoms with Crippen molar-refractivity contribution in [2.45, 2.75) is 12.8 Å². The fourth-order valence-electron chi connectivity index (χ4n) is 1.87. The van der Waals surface area contributed by atoms with Crippen LogP contribution in [0, 0.1) is 0 Å². The number of rotatable bonds is 6. The Labute approximate surface area is 138 Å². The molecule has 0 unspecified atom stereocenters. The van der Waals surface area contributed by atoms with Crippen LogP contribution in [0.25, 0.3) is 0 Å². The molecule has 1 N–H and O–H groups in total. The number of amides is 2.